The number of hydrogen-bond acceptors (Lipinski definition) is 3. The average molecular weight is 265 g/mol. The summed E-state index contributed by atoms with van der Waals surface area (Å²) in [6.45, 7) is 0. The number of nitrogens with zero attached hydrogens (tertiary/aromatic N) is 1. The molecule has 92 valence electrons. The quantitative estimate of drug-likeness (QED) is 0.627. The van der Waals surface area contributed by atoms with Gasteiger partial charge in [-0.25, -0.2) is 8.78 Å². The van der Waals surface area contributed by atoms with Gasteiger partial charge in [0.2, 0.25) is 0 Å². The van der Waals surface area contributed by atoms with Gasteiger partial charge in [0, 0.05) is 11.1 Å². The number of ketones is 1. The summed E-state index contributed by atoms with van der Waals surface area (Å²) in [6, 6.07) is 7.47. The van der Waals surface area contributed by atoms with Crippen LogP contribution in [0, 0.1) is 11.6 Å². The summed E-state index contributed by atoms with van der Waals surface area (Å²) in [7, 11) is 0. The molecule has 0 aliphatic carbocycles. The van der Waals surface area contributed by atoms with Crippen LogP contribution in [0.25, 0.3) is 0 Å². The summed E-state index contributed by atoms with van der Waals surface area (Å²) in [6.07, 6.45) is 2.34. The molecule has 0 amide bonds. The molecule has 0 fully saturated rings. The number of carbonyl (C=O) groups excluding carboxylic acids is 1. The summed E-state index contributed by atoms with van der Waals surface area (Å²) in [5.74, 6) is -1.44. The maximum atomic E-state index is 13.3. The first-order valence-corrected chi connectivity index (χ1v) is 6.17. The molecule has 0 saturated carbocycles. The van der Waals surface area contributed by atoms with Gasteiger partial charge >= 0.3 is 0 Å². The highest BCUT2D eigenvalue weighted by molar-refractivity contribution is 8.00. The van der Waals surface area contributed by atoms with E-state index in [0.29, 0.717) is 4.90 Å². The number of Topliss-reactive ketones (excluding diaryl/α,β-unsaturated/α-hetero) is 1. The van der Waals surface area contributed by atoms with E-state index in [1.54, 1.807) is 18.2 Å². The highest BCUT2D eigenvalue weighted by atomic mass is 32.2. The van der Waals surface area contributed by atoms with Crippen LogP contribution in [-0.2, 0) is 0 Å². The molecule has 1 aromatic heterocycles. The second kappa shape index (κ2) is 5.73. The van der Waals surface area contributed by atoms with Crippen molar-refractivity contribution in [1.82, 2.24) is 4.98 Å². The van der Waals surface area contributed by atoms with Crippen molar-refractivity contribution in [3.63, 3.8) is 0 Å². The lowest BCUT2D eigenvalue weighted by atomic mass is 10.2. The normalized spacial score (nSPS) is 10.3. The highest BCUT2D eigenvalue weighted by Crippen LogP contribution is 2.22. The lowest BCUT2D eigenvalue weighted by Crippen LogP contribution is -2.05. The molecule has 2 aromatic rings. The summed E-state index contributed by atoms with van der Waals surface area (Å²) in [5.41, 5.74) is -0.0196. The van der Waals surface area contributed by atoms with Crippen molar-refractivity contribution in [3.8, 4) is 0 Å². The molecule has 1 heterocycles. The Bertz CT molecular complexity index is 574. The van der Waals surface area contributed by atoms with Gasteiger partial charge in [-0.05, 0) is 18.2 Å². The van der Waals surface area contributed by atoms with Gasteiger partial charge in [0.05, 0.1) is 17.5 Å². The monoisotopic (exact) mass is 265 g/mol. The second-order valence-electron chi connectivity index (χ2n) is 3.50. The number of aromatic nitrogens is 1. The van der Waals surface area contributed by atoms with Gasteiger partial charge in [0.1, 0.15) is 5.82 Å². The third-order valence-corrected chi connectivity index (χ3v) is 3.32. The van der Waals surface area contributed by atoms with E-state index < -0.39 is 5.82 Å². The average Bonchev–Trinajstić information content (AvgIpc) is 2.38. The molecule has 0 N–H and O–H groups in total. The molecule has 0 saturated heterocycles. The number of hydrogen-bond donors (Lipinski definition) is 0. The SMILES string of the molecule is O=C(CSc1ccccc1F)c1ccncc1F. The van der Waals surface area contributed by atoms with Crippen molar-refractivity contribution < 1.29 is 13.6 Å². The molecule has 0 radical (unpaired) electrons. The fraction of sp³-hybridized carbons (Fsp3) is 0.0769. The first-order chi connectivity index (χ1) is 8.68. The second-order valence-corrected chi connectivity index (χ2v) is 4.51. The van der Waals surface area contributed by atoms with Crippen molar-refractivity contribution in [2.75, 3.05) is 5.75 Å². The maximum absolute atomic E-state index is 13.3. The lowest BCUT2D eigenvalue weighted by Gasteiger charge is -2.03. The number of benzene rings is 1. The van der Waals surface area contributed by atoms with Crippen molar-refractivity contribution in [1.29, 1.82) is 0 Å². The number of rotatable bonds is 4. The van der Waals surface area contributed by atoms with Gasteiger partial charge in [-0.2, -0.15) is 0 Å². The molecule has 0 bridgehead atoms. The lowest BCUT2D eigenvalue weighted by molar-refractivity contribution is 0.101. The number of pyridine rings is 1. The van der Waals surface area contributed by atoms with Crippen molar-refractivity contribution >= 4 is 17.5 Å². The Kier molecular flexibility index (Phi) is 4.04. The van der Waals surface area contributed by atoms with Crippen LogP contribution in [0.1, 0.15) is 10.4 Å². The third-order valence-electron chi connectivity index (χ3n) is 2.27. The van der Waals surface area contributed by atoms with Crippen LogP contribution >= 0.6 is 11.8 Å². The Hall–Kier alpha value is -1.75. The Labute approximate surface area is 107 Å². The van der Waals surface area contributed by atoms with E-state index in [9.17, 15) is 13.6 Å². The molecule has 1 aromatic carbocycles. The summed E-state index contributed by atoms with van der Waals surface area (Å²) in [5, 5.41) is 0. The first-order valence-electron chi connectivity index (χ1n) is 5.18. The predicted octanol–water partition coefficient (Wildman–Crippen LogP) is 3.33. The predicted molar refractivity (Wildman–Crippen MR) is 65.6 cm³/mol. The zero-order chi connectivity index (χ0) is 13.0. The minimum atomic E-state index is -0.656. The minimum absolute atomic E-state index is 0.0120. The van der Waals surface area contributed by atoms with E-state index in [1.807, 2.05) is 0 Å². The van der Waals surface area contributed by atoms with Gasteiger partial charge in [-0.1, -0.05) is 12.1 Å². The van der Waals surface area contributed by atoms with E-state index in [1.165, 1.54) is 18.3 Å². The van der Waals surface area contributed by atoms with Gasteiger partial charge in [0.25, 0.3) is 0 Å². The van der Waals surface area contributed by atoms with Crippen LogP contribution in [0.15, 0.2) is 47.6 Å². The van der Waals surface area contributed by atoms with Crippen LogP contribution in [-0.4, -0.2) is 16.5 Å². The molecule has 18 heavy (non-hydrogen) atoms. The Morgan fingerprint density at radius 2 is 1.94 bits per heavy atom. The van der Waals surface area contributed by atoms with Crippen molar-refractivity contribution in [2.24, 2.45) is 0 Å². The largest absolute Gasteiger partial charge is 0.293 e. The topological polar surface area (TPSA) is 30.0 Å². The zero-order valence-electron chi connectivity index (χ0n) is 9.27. The Morgan fingerprint density at radius 3 is 2.67 bits per heavy atom. The smallest absolute Gasteiger partial charge is 0.176 e. The fourth-order valence-electron chi connectivity index (χ4n) is 1.38. The molecule has 0 atom stereocenters. The van der Waals surface area contributed by atoms with E-state index in [0.717, 1.165) is 18.0 Å². The van der Waals surface area contributed by atoms with E-state index >= 15 is 0 Å². The Balaban J connectivity index is 2.06. The van der Waals surface area contributed by atoms with Gasteiger partial charge < -0.3 is 0 Å². The maximum Gasteiger partial charge on any atom is 0.176 e. The molecule has 0 aliphatic heterocycles. The fourth-order valence-corrected chi connectivity index (χ4v) is 2.21. The van der Waals surface area contributed by atoms with Crippen molar-refractivity contribution in [2.45, 2.75) is 4.90 Å². The van der Waals surface area contributed by atoms with E-state index in [2.05, 4.69) is 4.98 Å². The van der Waals surface area contributed by atoms with Gasteiger partial charge in [-0.3, -0.25) is 9.78 Å². The summed E-state index contributed by atoms with van der Waals surface area (Å²) in [4.78, 5) is 15.7. The molecular formula is C13H9F2NOS. The summed E-state index contributed by atoms with van der Waals surface area (Å²) < 4.78 is 26.6. The molecule has 2 nitrogen and oxygen atoms in total. The first kappa shape index (κ1) is 12.7. The van der Waals surface area contributed by atoms with E-state index in [4.69, 9.17) is 0 Å². The number of thioether (sulfide) groups is 1. The van der Waals surface area contributed by atoms with Crippen LogP contribution < -0.4 is 0 Å². The van der Waals surface area contributed by atoms with Crippen LogP contribution in [0.5, 0.6) is 0 Å². The van der Waals surface area contributed by atoms with Crippen LogP contribution in [0.2, 0.25) is 0 Å². The van der Waals surface area contributed by atoms with E-state index in [-0.39, 0.29) is 22.9 Å². The minimum Gasteiger partial charge on any atom is -0.293 e. The van der Waals surface area contributed by atoms with Crippen LogP contribution in [0.4, 0.5) is 8.78 Å². The number of halogens is 2. The molecule has 0 aliphatic rings. The Morgan fingerprint density at radius 1 is 1.17 bits per heavy atom. The van der Waals surface area contributed by atoms with Gasteiger partial charge in [-0.15, -0.1) is 11.8 Å². The molecule has 0 spiro atoms. The van der Waals surface area contributed by atoms with Crippen molar-refractivity contribution in [3.05, 3.63) is 59.9 Å². The van der Waals surface area contributed by atoms with Crippen LogP contribution in [0.3, 0.4) is 0 Å². The number of carbonyl (C=O) groups is 1. The highest BCUT2D eigenvalue weighted by Gasteiger charge is 2.12. The van der Waals surface area contributed by atoms with Gasteiger partial charge in [0.15, 0.2) is 11.6 Å². The summed E-state index contributed by atoms with van der Waals surface area (Å²) >= 11 is 1.05. The third kappa shape index (κ3) is 2.92. The molecule has 0 unspecified atom stereocenters. The molecule has 2 rings (SSSR count). The standard InChI is InChI=1S/C13H9F2NOS/c14-10-3-1-2-4-13(10)18-8-12(17)9-5-6-16-7-11(9)15/h1-7H,8H2. The molecule has 5 heteroatoms. The zero-order valence-corrected chi connectivity index (χ0v) is 10.1. The molecular weight excluding hydrogens is 256 g/mol.